The number of hydrogen-bond donors (Lipinski definition) is 1. The Bertz CT molecular complexity index is 185. The summed E-state index contributed by atoms with van der Waals surface area (Å²) in [4.78, 5) is 2.66. The maximum absolute atomic E-state index is 3.73. The van der Waals surface area contributed by atoms with E-state index in [1.54, 1.807) is 0 Å². The van der Waals surface area contributed by atoms with Gasteiger partial charge in [-0.15, -0.1) is 0 Å². The van der Waals surface area contributed by atoms with Gasteiger partial charge in [0, 0.05) is 18.6 Å². The normalized spacial score (nSPS) is 35.6. The molecule has 2 aliphatic heterocycles. The van der Waals surface area contributed by atoms with E-state index in [0.717, 1.165) is 18.0 Å². The smallest absolute Gasteiger partial charge is 0.0197 e. The van der Waals surface area contributed by atoms with Gasteiger partial charge in [-0.05, 0) is 51.6 Å². The zero-order valence-electron chi connectivity index (χ0n) is 10.3. The second kappa shape index (κ2) is 5.31. The predicted molar refractivity (Wildman–Crippen MR) is 65.1 cm³/mol. The third-order valence-corrected chi connectivity index (χ3v) is 4.06. The van der Waals surface area contributed by atoms with Gasteiger partial charge >= 0.3 is 0 Å². The van der Waals surface area contributed by atoms with Crippen LogP contribution >= 0.6 is 0 Å². The molecule has 0 saturated carbocycles. The van der Waals surface area contributed by atoms with Crippen molar-refractivity contribution in [3.8, 4) is 0 Å². The molecule has 1 N–H and O–H groups in total. The highest BCUT2D eigenvalue weighted by atomic mass is 15.2. The third kappa shape index (κ3) is 3.46. The lowest BCUT2D eigenvalue weighted by atomic mass is 9.96. The molecule has 2 rings (SSSR count). The van der Waals surface area contributed by atoms with Crippen molar-refractivity contribution in [2.75, 3.05) is 19.6 Å². The van der Waals surface area contributed by atoms with Crippen LogP contribution in [-0.2, 0) is 0 Å². The van der Waals surface area contributed by atoms with Crippen LogP contribution in [-0.4, -0.2) is 36.6 Å². The van der Waals surface area contributed by atoms with Gasteiger partial charge in [0.05, 0.1) is 0 Å². The van der Waals surface area contributed by atoms with Crippen LogP contribution in [0.5, 0.6) is 0 Å². The van der Waals surface area contributed by atoms with Crippen LogP contribution in [0.3, 0.4) is 0 Å². The van der Waals surface area contributed by atoms with Crippen molar-refractivity contribution in [2.24, 2.45) is 5.92 Å². The van der Waals surface area contributed by atoms with E-state index in [9.17, 15) is 0 Å². The molecule has 0 aliphatic carbocycles. The minimum Gasteiger partial charge on any atom is -0.310 e. The second-order valence-electron chi connectivity index (χ2n) is 5.68. The summed E-state index contributed by atoms with van der Waals surface area (Å²) in [5, 5.41) is 3.73. The van der Waals surface area contributed by atoms with E-state index in [-0.39, 0.29) is 0 Å². The molecule has 2 atom stereocenters. The van der Waals surface area contributed by atoms with Crippen molar-refractivity contribution in [2.45, 2.75) is 58.0 Å². The molecule has 2 aliphatic rings. The van der Waals surface area contributed by atoms with Gasteiger partial charge in [0.25, 0.3) is 0 Å². The Morgan fingerprint density at radius 3 is 2.47 bits per heavy atom. The van der Waals surface area contributed by atoms with Crippen LogP contribution in [0.15, 0.2) is 0 Å². The summed E-state index contributed by atoms with van der Waals surface area (Å²) >= 11 is 0. The van der Waals surface area contributed by atoms with E-state index in [4.69, 9.17) is 0 Å². The van der Waals surface area contributed by atoms with Crippen LogP contribution in [0.2, 0.25) is 0 Å². The fourth-order valence-electron chi connectivity index (χ4n) is 2.94. The lowest BCUT2D eigenvalue weighted by molar-refractivity contribution is 0.159. The average Bonchev–Trinajstić information content (AvgIpc) is 2.22. The number of likely N-dealkylation sites (tertiary alicyclic amines) is 1. The van der Waals surface area contributed by atoms with Gasteiger partial charge in [0.1, 0.15) is 0 Å². The van der Waals surface area contributed by atoms with Gasteiger partial charge in [-0.25, -0.2) is 0 Å². The molecule has 2 saturated heterocycles. The van der Waals surface area contributed by atoms with Crippen LogP contribution in [0.4, 0.5) is 0 Å². The van der Waals surface area contributed by atoms with Crippen molar-refractivity contribution in [3.63, 3.8) is 0 Å². The lowest BCUT2D eigenvalue weighted by Crippen LogP contribution is -2.48. The zero-order chi connectivity index (χ0) is 10.7. The summed E-state index contributed by atoms with van der Waals surface area (Å²) in [6.07, 6.45) is 6.98. The fraction of sp³-hybridized carbons (Fsp3) is 1.00. The van der Waals surface area contributed by atoms with E-state index in [1.165, 1.54) is 51.7 Å². The van der Waals surface area contributed by atoms with Crippen molar-refractivity contribution in [1.29, 1.82) is 0 Å². The molecule has 0 radical (unpaired) electrons. The molecule has 2 heterocycles. The molecule has 15 heavy (non-hydrogen) atoms. The Morgan fingerprint density at radius 1 is 1.07 bits per heavy atom. The van der Waals surface area contributed by atoms with E-state index in [2.05, 4.69) is 24.1 Å². The molecule has 2 heteroatoms. The van der Waals surface area contributed by atoms with Gasteiger partial charge in [-0.2, -0.15) is 0 Å². The highest BCUT2D eigenvalue weighted by Crippen LogP contribution is 2.18. The van der Waals surface area contributed by atoms with Gasteiger partial charge in [-0.1, -0.05) is 13.3 Å². The summed E-state index contributed by atoms with van der Waals surface area (Å²) in [6.45, 7) is 8.65. The van der Waals surface area contributed by atoms with Crippen LogP contribution in [0.1, 0.15) is 46.0 Å². The minimum absolute atomic E-state index is 0.743. The molecule has 0 bridgehead atoms. The summed E-state index contributed by atoms with van der Waals surface area (Å²) in [5.74, 6) is 0.958. The Kier molecular flexibility index (Phi) is 4.04. The van der Waals surface area contributed by atoms with Crippen molar-refractivity contribution in [1.82, 2.24) is 10.2 Å². The Balaban J connectivity index is 1.71. The first kappa shape index (κ1) is 11.4. The Hall–Kier alpha value is -0.0800. The van der Waals surface area contributed by atoms with Gasteiger partial charge in [0.15, 0.2) is 0 Å². The van der Waals surface area contributed by atoms with E-state index < -0.39 is 0 Å². The Morgan fingerprint density at radius 2 is 1.80 bits per heavy atom. The number of hydrogen-bond acceptors (Lipinski definition) is 2. The minimum atomic E-state index is 0.743. The van der Waals surface area contributed by atoms with Crippen molar-refractivity contribution in [3.05, 3.63) is 0 Å². The molecule has 2 nitrogen and oxygen atoms in total. The number of nitrogens with one attached hydrogen (secondary N) is 1. The average molecular weight is 210 g/mol. The molecular weight excluding hydrogens is 184 g/mol. The zero-order valence-corrected chi connectivity index (χ0v) is 10.3. The molecule has 2 unspecified atom stereocenters. The van der Waals surface area contributed by atoms with E-state index in [1.807, 2.05) is 0 Å². The molecule has 0 spiro atoms. The maximum Gasteiger partial charge on any atom is 0.0197 e. The SMILES string of the molecule is CC1CCN(CC2CCCC(C)N2)CC1. The molecule has 0 aromatic carbocycles. The standard InChI is InChI=1S/C13H26N2/c1-11-6-8-15(9-7-11)10-13-5-3-4-12(2)14-13/h11-14H,3-10H2,1-2H3. The molecule has 0 aromatic heterocycles. The van der Waals surface area contributed by atoms with Crippen molar-refractivity contribution < 1.29 is 0 Å². The van der Waals surface area contributed by atoms with Crippen molar-refractivity contribution >= 4 is 0 Å². The summed E-state index contributed by atoms with van der Waals surface area (Å²) in [6, 6.07) is 1.51. The molecule has 0 amide bonds. The first-order valence-electron chi connectivity index (χ1n) is 6.72. The van der Waals surface area contributed by atoms with Crippen LogP contribution in [0, 0.1) is 5.92 Å². The number of rotatable bonds is 2. The quantitative estimate of drug-likeness (QED) is 0.752. The fourth-order valence-corrected chi connectivity index (χ4v) is 2.94. The largest absolute Gasteiger partial charge is 0.310 e. The molecule has 2 fully saturated rings. The van der Waals surface area contributed by atoms with Gasteiger partial charge < -0.3 is 10.2 Å². The first-order valence-corrected chi connectivity index (χ1v) is 6.72. The molecule has 0 aromatic rings. The second-order valence-corrected chi connectivity index (χ2v) is 5.68. The summed E-state index contributed by atoms with van der Waals surface area (Å²) in [7, 11) is 0. The lowest BCUT2D eigenvalue weighted by Gasteiger charge is -2.36. The number of nitrogens with zero attached hydrogens (tertiary/aromatic N) is 1. The number of piperidine rings is 2. The maximum atomic E-state index is 3.73. The highest BCUT2D eigenvalue weighted by Gasteiger charge is 2.22. The monoisotopic (exact) mass is 210 g/mol. The predicted octanol–water partition coefficient (Wildman–Crippen LogP) is 2.25. The summed E-state index contributed by atoms with van der Waals surface area (Å²) < 4.78 is 0. The van der Waals surface area contributed by atoms with Gasteiger partial charge in [0.2, 0.25) is 0 Å². The summed E-state index contributed by atoms with van der Waals surface area (Å²) in [5.41, 5.74) is 0. The van der Waals surface area contributed by atoms with E-state index in [0.29, 0.717) is 0 Å². The third-order valence-electron chi connectivity index (χ3n) is 4.06. The highest BCUT2D eigenvalue weighted by molar-refractivity contribution is 4.82. The first-order chi connectivity index (χ1) is 7.24. The van der Waals surface area contributed by atoms with Crippen LogP contribution < -0.4 is 5.32 Å². The van der Waals surface area contributed by atoms with Gasteiger partial charge in [-0.3, -0.25) is 0 Å². The molecular formula is C13H26N2. The Labute approximate surface area is 94.4 Å². The van der Waals surface area contributed by atoms with E-state index >= 15 is 0 Å². The topological polar surface area (TPSA) is 15.3 Å². The molecule has 88 valence electrons. The van der Waals surface area contributed by atoms with Crippen LogP contribution in [0.25, 0.3) is 0 Å².